The number of nitrogens with zero attached hydrogens (tertiary/aromatic N) is 3. The zero-order valence-electron chi connectivity index (χ0n) is 16.9. The Morgan fingerprint density at radius 1 is 1.26 bits per heavy atom. The molecule has 3 rings (SSSR count). The number of benzene rings is 1. The minimum Gasteiger partial charge on any atom is -0.497 e. The number of aromatic nitrogens is 2. The molecule has 1 saturated heterocycles. The van der Waals surface area contributed by atoms with E-state index in [0.29, 0.717) is 6.42 Å². The number of carbonyl (C=O) groups excluding carboxylic acids is 1. The van der Waals surface area contributed by atoms with Gasteiger partial charge in [0.15, 0.2) is 0 Å². The van der Waals surface area contributed by atoms with Gasteiger partial charge in [-0.25, -0.2) is 0 Å². The second-order valence-corrected chi connectivity index (χ2v) is 7.28. The van der Waals surface area contributed by atoms with Crippen LogP contribution in [0.25, 0.3) is 0 Å². The third-order valence-corrected chi connectivity index (χ3v) is 5.30. The second kappa shape index (κ2) is 8.03. The molecule has 0 spiro atoms. The number of ether oxygens (including phenoxy) is 2. The first-order chi connectivity index (χ1) is 12.9. The fourth-order valence-corrected chi connectivity index (χ4v) is 4.03. The third-order valence-electron chi connectivity index (χ3n) is 5.30. The number of aryl methyl sites for hydroxylation is 2. The molecule has 0 aliphatic carbocycles. The summed E-state index contributed by atoms with van der Waals surface area (Å²) in [4.78, 5) is 15.1. The van der Waals surface area contributed by atoms with E-state index in [1.54, 1.807) is 14.2 Å². The third kappa shape index (κ3) is 3.94. The van der Waals surface area contributed by atoms with Crippen LogP contribution in [0.15, 0.2) is 24.3 Å². The number of amides is 1. The topological polar surface area (TPSA) is 56.6 Å². The van der Waals surface area contributed by atoms with Crippen molar-refractivity contribution in [2.75, 3.05) is 20.8 Å². The zero-order chi connectivity index (χ0) is 19.6. The molecule has 6 heteroatoms. The molecule has 2 aromatic rings. The maximum atomic E-state index is 13.1. The van der Waals surface area contributed by atoms with Crippen molar-refractivity contribution in [1.82, 2.24) is 14.7 Å². The van der Waals surface area contributed by atoms with Crippen LogP contribution in [0, 0.1) is 13.8 Å². The quantitative estimate of drug-likeness (QED) is 0.774. The molecule has 0 unspecified atom stereocenters. The predicted octanol–water partition coefficient (Wildman–Crippen LogP) is 3.83. The van der Waals surface area contributed by atoms with Crippen molar-refractivity contribution >= 4 is 5.91 Å². The van der Waals surface area contributed by atoms with Crippen molar-refractivity contribution in [1.29, 1.82) is 0 Å². The molecule has 1 amide bonds. The Labute approximate surface area is 161 Å². The van der Waals surface area contributed by atoms with Gasteiger partial charge in [0.25, 0.3) is 0 Å². The van der Waals surface area contributed by atoms with Crippen molar-refractivity contribution < 1.29 is 14.3 Å². The van der Waals surface area contributed by atoms with E-state index in [4.69, 9.17) is 9.47 Å². The summed E-state index contributed by atoms with van der Waals surface area (Å²) >= 11 is 0. The summed E-state index contributed by atoms with van der Waals surface area (Å²) in [6, 6.07) is 7.95. The molecule has 27 heavy (non-hydrogen) atoms. The molecule has 2 heterocycles. The molecule has 2 atom stereocenters. The van der Waals surface area contributed by atoms with Crippen LogP contribution >= 0.6 is 0 Å². The van der Waals surface area contributed by atoms with Crippen molar-refractivity contribution in [3.63, 3.8) is 0 Å². The maximum Gasteiger partial charge on any atom is 0.225 e. The van der Waals surface area contributed by atoms with Crippen molar-refractivity contribution in [3.05, 3.63) is 41.2 Å². The van der Waals surface area contributed by atoms with Crippen LogP contribution in [0.3, 0.4) is 0 Å². The standard InChI is InChI=1S/C21H29N3O3/c1-14-11-15(2)24(22-14)16(3)12-21(25)23-10-6-7-19(23)18-9-8-17(26-4)13-20(18)27-5/h8-9,11,13,16,19H,6-7,10,12H2,1-5H3/t16-,19+/m0/s1. The lowest BCUT2D eigenvalue weighted by Gasteiger charge is -2.28. The van der Waals surface area contributed by atoms with Gasteiger partial charge in [0, 0.05) is 30.3 Å². The summed E-state index contributed by atoms with van der Waals surface area (Å²) in [5, 5.41) is 4.53. The molecule has 1 aliphatic rings. The Morgan fingerprint density at radius 2 is 2.04 bits per heavy atom. The monoisotopic (exact) mass is 371 g/mol. The first kappa shape index (κ1) is 19.3. The van der Waals surface area contributed by atoms with Gasteiger partial charge in [-0.1, -0.05) is 0 Å². The lowest BCUT2D eigenvalue weighted by atomic mass is 10.0. The molecular weight excluding hydrogens is 342 g/mol. The first-order valence-electron chi connectivity index (χ1n) is 9.48. The normalized spacial score (nSPS) is 17.8. The Hall–Kier alpha value is -2.50. The Balaban J connectivity index is 1.78. The highest BCUT2D eigenvalue weighted by molar-refractivity contribution is 5.77. The Bertz CT molecular complexity index is 815. The average Bonchev–Trinajstić information content (AvgIpc) is 3.27. The molecule has 0 radical (unpaired) electrons. The van der Waals surface area contributed by atoms with Crippen LogP contribution in [0.5, 0.6) is 11.5 Å². The van der Waals surface area contributed by atoms with Crippen LogP contribution in [-0.4, -0.2) is 41.4 Å². The fourth-order valence-electron chi connectivity index (χ4n) is 4.03. The van der Waals surface area contributed by atoms with Crippen molar-refractivity contribution in [2.24, 2.45) is 0 Å². The number of hydrogen-bond acceptors (Lipinski definition) is 4. The summed E-state index contributed by atoms with van der Waals surface area (Å²) in [6.07, 6.45) is 2.39. The van der Waals surface area contributed by atoms with Crippen LogP contribution in [0.1, 0.15) is 55.2 Å². The number of hydrogen-bond donors (Lipinski definition) is 0. The van der Waals surface area contributed by atoms with Gasteiger partial charge in [-0.15, -0.1) is 0 Å². The lowest BCUT2D eigenvalue weighted by Crippen LogP contribution is -2.32. The van der Waals surface area contributed by atoms with Gasteiger partial charge in [-0.05, 0) is 51.8 Å². The van der Waals surface area contributed by atoms with Gasteiger partial charge >= 0.3 is 0 Å². The summed E-state index contributed by atoms with van der Waals surface area (Å²) in [6.45, 7) is 6.84. The van der Waals surface area contributed by atoms with Gasteiger partial charge in [-0.2, -0.15) is 5.10 Å². The van der Waals surface area contributed by atoms with Gasteiger partial charge < -0.3 is 14.4 Å². The van der Waals surface area contributed by atoms with Gasteiger partial charge in [-0.3, -0.25) is 9.48 Å². The summed E-state index contributed by atoms with van der Waals surface area (Å²) in [7, 11) is 3.30. The molecule has 0 N–H and O–H groups in total. The molecule has 0 bridgehead atoms. The molecular formula is C21H29N3O3. The van der Waals surface area contributed by atoms with Crippen LogP contribution in [0.2, 0.25) is 0 Å². The molecule has 1 aromatic carbocycles. The van der Waals surface area contributed by atoms with E-state index < -0.39 is 0 Å². The minimum atomic E-state index is 0.0326. The molecule has 6 nitrogen and oxygen atoms in total. The largest absolute Gasteiger partial charge is 0.497 e. The number of methoxy groups -OCH3 is 2. The van der Waals surface area contributed by atoms with Gasteiger partial charge in [0.2, 0.25) is 5.91 Å². The van der Waals surface area contributed by atoms with Crippen molar-refractivity contribution in [3.8, 4) is 11.5 Å². The highest BCUT2D eigenvalue weighted by Gasteiger charge is 2.32. The first-order valence-corrected chi connectivity index (χ1v) is 9.48. The SMILES string of the molecule is COc1ccc([C@H]2CCCN2C(=O)C[C@H](C)n2nc(C)cc2C)c(OC)c1. The van der Waals surface area contributed by atoms with E-state index >= 15 is 0 Å². The Morgan fingerprint density at radius 3 is 2.67 bits per heavy atom. The summed E-state index contributed by atoms with van der Waals surface area (Å²) in [5.41, 5.74) is 3.11. The zero-order valence-corrected chi connectivity index (χ0v) is 16.9. The molecule has 1 aromatic heterocycles. The van der Waals surface area contributed by atoms with E-state index in [1.165, 1.54) is 0 Å². The highest BCUT2D eigenvalue weighted by atomic mass is 16.5. The Kier molecular flexibility index (Phi) is 5.73. The predicted molar refractivity (Wildman–Crippen MR) is 104 cm³/mol. The van der Waals surface area contributed by atoms with Crippen LogP contribution < -0.4 is 9.47 Å². The van der Waals surface area contributed by atoms with E-state index in [0.717, 1.165) is 47.8 Å². The van der Waals surface area contributed by atoms with Crippen LogP contribution in [-0.2, 0) is 4.79 Å². The lowest BCUT2D eigenvalue weighted by molar-refractivity contribution is -0.133. The fraction of sp³-hybridized carbons (Fsp3) is 0.524. The molecule has 1 aliphatic heterocycles. The van der Waals surface area contributed by atoms with E-state index in [-0.39, 0.29) is 18.0 Å². The molecule has 146 valence electrons. The number of rotatable bonds is 6. The average molecular weight is 371 g/mol. The summed E-state index contributed by atoms with van der Waals surface area (Å²) < 4.78 is 12.8. The molecule has 1 fully saturated rings. The van der Waals surface area contributed by atoms with E-state index in [2.05, 4.69) is 12.0 Å². The highest BCUT2D eigenvalue weighted by Crippen LogP contribution is 2.39. The van der Waals surface area contributed by atoms with E-state index in [9.17, 15) is 4.79 Å². The van der Waals surface area contributed by atoms with Gasteiger partial charge in [0.1, 0.15) is 11.5 Å². The van der Waals surface area contributed by atoms with Crippen molar-refractivity contribution in [2.45, 2.75) is 52.1 Å². The minimum absolute atomic E-state index is 0.0326. The smallest absolute Gasteiger partial charge is 0.225 e. The second-order valence-electron chi connectivity index (χ2n) is 7.28. The van der Waals surface area contributed by atoms with Crippen LogP contribution in [0.4, 0.5) is 0 Å². The van der Waals surface area contributed by atoms with Gasteiger partial charge in [0.05, 0.1) is 32.0 Å². The molecule has 0 saturated carbocycles. The summed E-state index contributed by atoms with van der Waals surface area (Å²) in [5.74, 6) is 1.69. The number of carbonyl (C=O) groups is 1. The number of likely N-dealkylation sites (tertiary alicyclic amines) is 1. The maximum absolute atomic E-state index is 13.1. The van der Waals surface area contributed by atoms with E-state index in [1.807, 2.05) is 47.7 Å².